The van der Waals surface area contributed by atoms with Crippen LogP contribution in [0.25, 0.3) is 0 Å². The minimum Gasteiger partial charge on any atom is -0.550 e. The van der Waals surface area contributed by atoms with Crippen LogP contribution in [-0.2, 0) is 37.7 Å². The first-order chi connectivity index (χ1) is 24.9. The first-order valence-electron chi connectivity index (χ1n) is 20.4. The Morgan fingerprint density at radius 3 is 1.10 bits per heavy atom. The van der Waals surface area contributed by atoms with Crippen molar-refractivity contribution in [2.24, 2.45) is 0 Å². The topological polar surface area (TPSA) is 200 Å². The van der Waals surface area contributed by atoms with Gasteiger partial charge in [0, 0.05) is 24.8 Å². The Hall–Kier alpha value is -2.01. The molecule has 0 aliphatic heterocycles. The molecule has 52 heavy (non-hydrogen) atoms. The fourth-order valence-corrected chi connectivity index (χ4v) is 5.94. The molecule has 0 aromatic carbocycles. The van der Waals surface area contributed by atoms with E-state index in [4.69, 9.17) is 19.3 Å². The molecular formula is C39H73O12P-2. The van der Waals surface area contributed by atoms with Crippen LogP contribution in [0, 0.1) is 0 Å². The van der Waals surface area contributed by atoms with E-state index in [1.54, 1.807) is 0 Å². The molecule has 0 fully saturated rings. The molecule has 0 spiro atoms. The molecule has 1 atom stereocenters. The van der Waals surface area contributed by atoms with Crippen molar-refractivity contribution in [2.75, 3.05) is 13.2 Å². The number of phosphoric ester groups is 1. The zero-order valence-corrected chi connectivity index (χ0v) is 33.5. The summed E-state index contributed by atoms with van der Waals surface area (Å²) in [5, 5.41) is 19.0. The SMILES string of the molecule is CCCCCCCCCCCCCCCC(=O)OCC(COP(=O)(O)O)OC(=O)CCCCCCCCCCCCCCC.O=C([O-])CCC(=O)[O-]. The second kappa shape index (κ2) is 38.7. The lowest BCUT2D eigenvalue weighted by molar-refractivity contribution is -0.315. The number of carbonyl (C=O) groups is 4. The van der Waals surface area contributed by atoms with E-state index in [2.05, 4.69) is 18.4 Å². The van der Waals surface area contributed by atoms with Gasteiger partial charge in [-0.3, -0.25) is 14.1 Å². The standard InChI is InChI=1S/C35H69O8P.C4H6O4/c1-3-5-7-9-11-13-15-17-19-21-23-25-27-29-34(36)41-31-33(32-42-44(38,39)40)43-35(37)30-28-26-24-22-20-18-16-14-12-10-8-6-4-2;5-3(6)1-2-4(7)8/h33H,3-32H2,1-2H3,(H2,38,39,40);1-2H2,(H,5,6)(H,7,8)/p-2. The zero-order valence-electron chi connectivity index (χ0n) is 32.6. The Bertz CT molecular complexity index is 894. The van der Waals surface area contributed by atoms with Crippen LogP contribution in [0.2, 0.25) is 0 Å². The van der Waals surface area contributed by atoms with Crippen LogP contribution in [0.4, 0.5) is 0 Å². The molecule has 0 aliphatic carbocycles. The van der Waals surface area contributed by atoms with E-state index in [0.29, 0.717) is 6.42 Å². The summed E-state index contributed by atoms with van der Waals surface area (Å²) >= 11 is 0. The van der Waals surface area contributed by atoms with E-state index in [0.717, 1.165) is 32.1 Å². The van der Waals surface area contributed by atoms with Crippen molar-refractivity contribution in [3.63, 3.8) is 0 Å². The Labute approximate surface area is 314 Å². The highest BCUT2D eigenvalue weighted by Gasteiger charge is 2.22. The predicted molar refractivity (Wildman–Crippen MR) is 199 cm³/mol. The molecule has 2 N–H and O–H groups in total. The molecule has 0 heterocycles. The van der Waals surface area contributed by atoms with E-state index in [9.17, 15) is 34.0 Å². The Kier molecular flexibility index (Phi) is 38.8. The number of unbranched alkanes of at least 4 members (excludes halogenated alkanes) is 24. The Morgan fingerprint density at radius 2 is 0.788 bits per heavy atom. The van der Waals surface area contributed by atoms with Gasteiger partial charge in [-0.05, 0) is 25.7 Å². The monoisotopic (exact) mass is 764 g/mol. The van der Waals surface area contributed by atoms with Gasteiger partial charge in [-0.2, -0.15) is 0 Å². The number of hydrogen-bond acceptors (Lipinski definition) is 10. The average molecular weight is 765 g/mol. The molecule has 0 saturated heterocycles. The van der Waals surface area contributed by atoms with E-state index >= 15 is 0 Å². The molecule has 0 aromatic heterocycles. The van der Waals surface area contributed by atoms with Crippen molar-refractivity contribution >= 4 is 31.7 Å². The first kappa shape index (κ1) is 52.1. The van der Waals surface area contributed by atoms with Crippen molar-refractivity contribution in [2.45, 2.75) is 213 Å². The predicted octanol–water partition coefficient (Wildman–Crippen LogP) is 7.78. The van der Waals surface area contributed by atoms with Crippen LogP contribution < -0.4 is 10.2 Å². The molecule has 0 bridgehead atoms. The maximum Gasteiger partial charge on any atom is 0.469 e. The number of hydrogen-bond donors (Lipinski definition) is 2. The molecule has 13 heteroatoms. The summed E-state index contributed by atoms with van der Waals surface area (Å²) in [4.78, 5) is 61.6. The highest BCUT2D eigenvalue weighted by atomic mass is 31.2. The average Bonchev–Trinajstić information content (AvgIpc) is 3.09. The summed E-state index contributed by atoms with van der Waals surface area (Å²) in [5.74, 6) is -3.61. The second-order valence-corrected chi connectivity index (χ2v) is 15.0. The maximum atomic E-state index is 12.3. The number of ether oxygens (including phenoxy) is 2. The van der Waals surface area contributed by atoms with Crippen LogP contribution in [-0.4, -0.2) is 53.0 Å². The minimum absolute atomic E-state index is 0.219. The molecule has 0 aliphatic rings. The summed E-state index contributed by atoms with van der Waals surface area (Å²) < 4.78 is 26.3. The van der Waals surface area contributed by atoms with Crippen molar-refractivity contribution in [3.8, 4) is 0 Å². The third-order valence-corrected chi connectivity index (χ3v) is 9.14. The van der Waals surface area contributed by atoms with Crippen LogP contribution in [0.1, 0.15) is 206 Å². The fourth-order valence-electron chi connectivity index (χ4n) is 5.58. The van der Waals surface area contributed by atoms with Gasteiger partial charge >= 0.3 is 19.8 Å². The molecule has 0 saturated carbocycles. The van der Waals surface area contributed by atoms with Crippen molar-refractivity contribution in [3.05, 3.63) is 0 Å². The molecule has 308 valence electrons. The van der Waals surface area contributed by atoms with Crippen molar-refractivity contribution in [1.82, 2.24) is 0 Å². The lowest BCUT2D eigenvalue weighted by Gasteiger charge is -2.18. The fraction of sp³-hybridized carbons (Fsp3) is 0.897. The van der Waals surface area contributed by atoms with Gasteiger partial charge in [0.05, 0.1) is 6.61 Å². The van der Waals surface area contributed by atoms with E-state index in [-0.39, 0.29) is 19.4 Å². The third kappa shape index (κ3) is 46.0. The van der Waals surface area contributed by atoms with Crippen LogP contribution in [0.5, 0.6) is 0 Å². The number of carbonyl (C=O) groups excluding carboxylic acids is 4. The summed E-state index contributed by atoms with van der Waals surface area (Å²) in [6.45, 7) is 3.68. The third-order valence-electron chi connectivity index (χ3n) is 8.66. The van der Waals surface area contributed by atoms with Gasteiger partial charge in [0.2, 0.25) is 0 Å². The van der Waals surface area contributed by atoms with Gasteiger partial charge in [-0.1, -0.05) is 168 Å². The lowest BCUT2D eigenvalue weighted by atomic mass is 10.0. The largest absolute Gasteiger partial charge is 0.550 e. The smallest absolute Gasteiger partial charge is 0.469 e. The van der Waals surface area contributed by atoms with Crippen molar-refractivity contribution < 1.29 is 57.7 Å². The maximum absolute atomic E-state index is 12.3. The lowest BCUT2D eigenvalue weighted by Crippen LogP contribution is -2.29. The molecule has 12 nitrogen and oxygen atoms in total. The highest BCUT2D eigenvalue weighted by molar-refractivity contribution is 7.46. The van der Waals surface area contributed by atoms with Crippen molar-refractivity contribution in [1.29, 1.82) is 0 Å². The van der Waals surface area contributed by atoms with Gasteiger partial charge in [-0.15, -0.1) is 0 Å². The first-order valence-corrected chi connectivity index (χ1v) is 21.9. The zero-order chi connectivity index (χ0) is 39.1. The van der Waals surface area contributed by atoms with Gasteiger partial charge in [-0.25, -0.2) is 4.57 Å². The van der Waals surface area contributed by atoms with Gasteiger partial charge in [0.25, 0.3) is 0 Å². The summed E-state index contributed by atoms with van der Waals surface area (Å²) in [7, 11) is -4.74. The quantitative estimate of drug-likeness (QED) is 0.0354. The molecule has 0 radical (unpaired) electrons. The Morgan fingerprint density at radius 1 is 0.481 bits per heavy atom. The van der Waals surface area contributed by atoms with Crippen LogP contribution in [0.15, 0.2) is 0 Å². The number of rotatable bonds is 37. The van der Waals surface area contributed by atoms with Gasteiger partial charge in [0.1, 0.15) is 6.61 Å². The molecule has 0 rings (SSSR count). The van der Waals surface area contributed by atoms with E-state index < -0.39 is 57.3 Å². The van der Waals surface area contributed by atoms with E-state index in [1.807, 2.05) is 0 Å². The number of carboxylic acid groups (broad SMARTS) is 2. The second-order valence-electron chi connectivity index (χ2n) is 13.8. The number of aliphatic carboxylic acids is 2. The van der Waals surface area contributed by atoms with Gasteiger partial charge in [0.15, 0.2) is 6.10 Å². The van der Waals surface area contributed by atoms with Crippen LogP contribution in [0.3, 0.4) is 0 Å². The van der Waals surface area contributed by atoms with E-state index in [1.165, 1.54) is 128 Å². The van der Waals surface area contributed by atoms with Crippen LogP contribution >= 0.6 is 7.82 Å². The minimum atomic E-state index is -4.74. The number of carboxylic acids is 2. The number of phosphoric acid groups is 1. The summed E-state index contributed by atoms with van der Waals surface area (Å²) in [6, 6.07) is 0. The molecule has 0 amide bonds. The molecule has 0 aromatic rings. The Balaban J connectivity index is 0. The summed E-state index contributed by atoms with van der Waals surface area (Å²) in [6.07, 6.45) is 30.1. The summed E-state index contributed by atoms with van der Waals surface area (Å²) in [5.41, 5.74) is 0. The molecule has 1 unspecified atom stereocenters. The number of esters is 2. The van der Waals surface area contributed by atoms with Gasteiger partial charge < -0.3 is 39.1 Å². The molecular weight excluding hydrogens is 691 g/mol. The normalized spacial score (nSPS) is 11.8. The highest BCUT2D eigenvalue weighted by Crippen LogP contribution is 2.36.